The van der Waals surface area contributed by atoms with Crippen LogP contribution in [0.15, 0.2) is 18.2 Å². The van der Waals surface area contributed by atoms with Crippen molar-refractivity contribution in [3.05, 3.63) is 35.1 Å². The van der Waals surface area contributed by atoms with Gasteiger partial charge in [0, 0.05) is 0 Å². The van der Waals surface area contributed by atoms with E-state index in [-0.39, 0.29) is 5.82 Å². The zero-order valence-electron chi connectivity index (χ0n) is 7.52. The predicted octanol–water partition coefficient (Wildman–Crippen LogP) is 1.90. The van der Waals surface area contributed by atoms with Gasteiger partial charge in [-0.25, -0.2) is 4.39 Å². The van der Waals surface area contributed by atoms with Crippen LogP contribution in [-0.2, 0) is 6.42 Å². The van der Waals surface area contributed by atoms with Crippen LogP contribution in [-0.4, -0.2) is 13.6 Å². The van der Waals surface area contributed by atoms with E-state index in [4.69, 9.17) is 0 Å². The van der Waals surface area contributed by atoms with E-state index in [2.05, 4.69) is 5.32 Å². The first-order valence-corrected chi connectivity index (χ1v) is 4.13. The topological polar surface area (TPSA) is 12.0 Å². The Morgan fingerprint density at radius 1 is 1.42 bits per heavy atom. The molecule has 0 saturated heterocycles. The smallest absolute Gasteiger partial charge is 0.126 e. The first-order valence-electron chi connectivity index (χ1n) is 4.13. The minimum absolute atomic E-state index is 0.108. The van der Waals surface area contributed by atoms with Gasteiger partial charge in [0.1, 0.15) is 5.82 Å². The predicted molar refractivity (Wildman–Crippen MR) is 48.8 cm³/mol. The Bertz CT molecular complexity index is 258. The molecule has 0 unspecified atom stereocenters. The van der Waals surface area contributed by atoms with E-state index in [1.807, 2.05) is 19.2 Å². The van der Waals surface area contributed by atoms with E-state index >= 15 is 0 Å². The van der Waals surface area contributed by atoms with E-state index < -0.39 is 0 Å². The van der Waals surface area contributed by atoms with Gasteiger partial charge in [-0.15, -0.1) is 0 Å². The zero-order valence-corrected chi connectivity index (χ0v) is 7.52. The molecule has 0 amide bonds. The van der Waals surface area contributed by atoms with Crippen molar-refractivity contribution in [3.8, 4) is 0 Å². The summed E-state index contributed by atoms with van der Waals surface area (Å²) in [5, 5.41) is 3.03. The lowest BCUT2D eigenvalue weighted by Crippen LogP contribution is -2.10. The van der Waals surface area contributed by atoms with E-state index in [0.717, 1.165) is 18.5 Å². The molecule has 0 radical (unpaired) electrons. The van der Waals surface area contributed by atoms with Crippen LogP contribution in [0.4, 0.5) is 4.39 Å². The zero-order chi connectivity index (χ0) is 8.97. The monoisotopic (exact) mass is 167 g/mol. The number of likely N-dealkylation sites (N-methyl/N-ethyl adjacent to an activating group) is 1. The molecule has 1 aromatic carbocycles. The summed E-state index contributed by atoms with van der Waals surface area (Å²) in [5.74, 6) is -0.108. The standard InChI is InChI=1S/C10H14FN/c1-8-3-4-9(5-6-12-2)7-10(8)11/h3-4,7,12H,5-6H2,1-2H3. The van der Waals surface area contributed by atoms with Gasteiger partial charge in [-0.05, 0) is 44.1 Å². The van der Waals surface area contributed by atoms with Gasteiger partial charge in [-0.3, -0.25) is 0 Å². The summed E-state index contributed by atoms with van der Waals surface area (Å²) in [7, 11) is 1.89. The highest BCUT2D eigenvalue weighted by atomic mass is 19.1. The molecule has 2 heteroatoms. The Labute approximate surface area is 72.6 Å². The van der Waals surface area contributed by atoms with Gasteiger partial charge < -0.3 is 5.32 Å². The van der Waals surface area contributed by atoms with Crippen LogP contribution >= 0.6 is 0 Å². The lowest BCUT2D eigenvalue weighted by Gasteiger charge is -2.02. The van der Waals surface area contributed by atoms with Crippen molar-refractivity contribution in [2.24, 2.45) is 0 Å². The minimum Gasteiger partial charge on any atom is -0.319 e. The summed E-state index contributed by atoms with van der Waals surface area (Å²) >= 11 is 0. The SMILES string of the molecule is CNCCc1ccc(C)c(F)c1. The van der Waals surface area contributed by atoms with Gasteiger partial charge in [-0.1, -0.05) is 12.1 Å². The van der Waals surface area contributed by atoms with Crippen LogP contribution in [0.2, 0.25) is 0 Å². The molecular weight excluding hydrogens is 153 g/mol. The van der Waals surface area contributed by atoms with Crippen molar-refractivity contribution in [1.29, 1.82) is 0 Å². The van der Waals surface area contributed by atoms with Crippen LogP contribution in [0.5, 0.6) is 0 Å². The fourth-order valence-corrected chi connectivity index (χ4v) is 1.06. The number of benzene rings is 1. The molecule has 0 aromatic heterocycles. The van der Waals surface area contributed by atoms with E-state index in [0.29, 0.717) is 5.56 Å². The molecule has 1 nitrogen and oxygen atoms in total. The average Bonchev–Trinajstić information content (AvgIpc) is 2.07. The quantitative estimate of drug-likeness (QED) is 0.725. The van der Waals surface area contributed by atoms with Gasteiger partial charge in [0.2, 0.25) is 0 Å². The number of hydrogen-bond donors (Lipinski definition) is 1. The molecule has 0 aliphatic rings. The fourth-order valence-electron chi connectivity index (χ4n) is 1.06. The van der Waals surface area contributed by atoms with Gasteiger partial charge in [0.15, 0.2) is 0 Å². The van der Waals surface area contributed by atoms with Crippen molar-refractivity contribution >= 4 is 0 Å². The van der Waals surface area contributed by atoms with Gasteiger partial charge in [-0.2, -0.15) is 0 Å². The lowest BCUT2D eigenvalue weighted by molar-refractivity contribution is 0.615. The molecule has 0 spiro atoms. The third-order valence-electron chi connectivity index (χ3n) is 1.90. The van der Waals surface area contributed by atoms with Crippen LogP contribution < -0.4 is 5.32 Å². The summed E-state index contributed by atoms with van der Waals surface area (Å²) in [6.45, 7) is 2.67. The van der Waals surface area contributed by atoms with Gasteiger partial charge in [0.05, 0.1) is 0 Å². The Hall–Kier alpha value is -0.890. The second-order valence-corrected chi connectivity index (χ2v) is 2.94. The van der Waals surface area contributed by atoms with Crippen molar-refractivity contribution < 1.29 is 4.39 Å². The summed E-state index contributed by atoms with van der Waals surface area (Å²) in [6, 6.07) is 5.39. The summed E-state index contributed by atoms with van der Waals surface area (Å²) in [6.07, 6.45) is 0.883. The fraction of sp³-hybridized carbons (Fsp3) is 0.400. The number of rotatable bonds is 3. The first-order chi connectivity index (χ1) is 5.74. The largest absolute Gasteiger partial charge is 0.319 e. The maximum absolute atomic E-state index is 13.0. The van der Waals surface area contributed by atoms with Crippen LogP contribution in [0.25, 0.3) is 0 Å². The molecule has 0 fully saturated rings. The molecule has 1 aromatic rings. The highest BCUT2D eigenvalue weighted by molar-refractivity contribution is 5.23. The Kier molecular flexibility index (Phi) is 3.23. The summed E-state index contributed by atoms with van der Waals surface area (Å²) in [5.41, 5.74) is 1.76. The molecule has 1 rings (SSSR count). The average molecular weight is 167 g/mol. The van der Waals surface area contributed by atoms with E-state index in [1.165, 1.54) is 0 Å². The molecule has 0 bridgehead atoms. The third-order valence-corrected chi connectivity index (χ3v) is 1.90. The van der Waals surface area contributed by atoms with Crippen molar-refractivity contribution in [2.45, 2.75) is 13.3 Å². The van der Waals surface area contributed by atoms with Crippen LogP contribution in [0.1, 0.15) is 11.1 Å². The molecule has 66 valence electrons. The molecule has 0 heterocycles. The Balaban J connectivity index is 2.69. The summed E-state index contributed by atoms with van der Waals surface area (Å²) in [4.78, 5) is 0. The van der Waals surface area contributed by atoms with Crippen LogP contribution in [0, 0.1) is 12.7 Å². The highest BCUT2D eigenvalue weighted by Gasteiger charge is 1.97. The molecule has 1 N–H and O–H groups in total. The minimum atomic E-state index is -0.108. The Morgan fingerprint density at radius 3 is 2.75 bits per heavy atom. The molecule has 0 aliphatic carbocycles. The number of nitrogens with one attached hydrogen (secondary N) is 1. The molecular formula is C10H14FN. The van der Waals surface area contributed by atoms with E-state index in [1.54, 1.807) is 13.0 Å². The third kappa shape index (κ3) is 2.31. The van der Waals surface area contributed by atoms with Crippen molar-refractivity contribution in [3.63, 3.8) is 0 Å². The number of hydrogen-bond acceptors (Lipinski definition) is 1. The highest BCUT2D eigenvalue weighted by Crippen LogP contribution is 2.08. The first kappa shape index (κ1) is 9.20. The van der Waals surface area contributed by atoms with E-state index in [9.17, 15) is 4.39 Å². The van der Waals surface area contributed by atoms with Crippen molar-refractivity contribution in [1.82, 2.24) is 5.32 Å². The normalized spacial score (nSPS) is 10.2. The molecule has 0 aliphatic heterocycles. The van der Waals surface area contributed by atoms with Crippen LogP contribution in [0.3, 0.4) is 0 Å². The summed E-state index contributed by atoms with van der Waals surface area (Å²) < 4.78 is 13.0. The Morgan fingerprint density at radius 2 is 2.17 bits per heavy atom. The second-order valence-electron chi connectivity index (χ2n) is 2.94. The number of halogens is 1. The molecule has 12 heavy (non-hydrogen) atoms. The maximum atomic E-state index is 13.0. The number of aryl methyl sites for hydroxylation is 1. The molecule has 0 atom stereocenters. The van der Waals surface area contributed by atoms with Gasteiger partial charge in [0.25, 0.3) is 0 Å². The van der Waals surface area contributed by atoms with Crippen molar-refractivity contribution in [2.75, 3.05) is 13.6 Å². The van der Waals surface area contributed by atoms with Gasteiger partial charge >= 0.3 is 0 Å². The molecule has 0 saturated carbocycles. The lowest BCUT2D eigenvalue weighted by atomic mass is 10.1. The maximum Gasteiger partial charge on any atom is 0.126 e. The second kappa shape index (κ2) is 4.21.